The number of nitrogens with one attached hydrogen (secondary N) is 3. The molecule has 0 saturated heterocycles. The van der Waals surface area contributed by atoms with Gasteiger partial charge < -0.3 is 35.2 Å². The molecule has 2 aromatic carbocycles. The summed E-state index contributed by atoms with van der Waals surface area (Å²) < 4.78 is 11.5. The molecule has 4 aromatic rings. The molecule has 2 heterocycles. The summed E-state index contributed by atoms with van der Waals surface area (Å²) in [5.41, 5.74) is 3.56. The van der Waals surface area contributed by atoms with E-state index in [4.69, 9.17) is 26.1 Å². The quantitative estimate of drug-likeness (QED) is 0.162. The van der Waals surface area contributed by atoms with Crippen molar-refractivity contribution >= 4 is 52.0 Å². The van der Waals surface area contributed by atoms with E-state index in [9.17, 15) is 4.79 Å². The van der Waals surface area contributed by atoms with Crippen LogP contribution in [0.15, 0.2) is 79.6 Å². The van der Waals surface area contributed by atoms with Crippen molar-refractivity contribution in [1.29, 1.82) is 0 Å². The molecule has 11 nitrogen and oxygen atoms in total. The number of pyridine rings is 1. The molecule has 0 radical (unpaired) electrons. The third-order valence-corrected chi connectivity index (χ3v) is 6.80. The van der Waals surface area contributed by atoms with Gasteiger partial charge in [0.05, 0.1) is 34.9 Å². The summed E-state index contributed by atoms with van der Waals surface area (Å²) in [7, 11) is 7.29. The molecule has 0 atom stereocenters. The Morgan fingerprint density at radius 2 is 1.88 bits per heavy atom. The maximum absolute atomic E-state index is 12.2. The number of halogens is 1. The minimum atomic E-state index is -0.328. The first kappa shape index (κ1) is 31.1. The molecule has 0 saturated carbocycles. The predicted octanol–water partition coefficient (Wildman–Crippen LogP) is 5.40. The van der Waals surface area contributed by atoms with E-state index in [1.54, 1.807) is 31.6 Å². The van der Waals surface area contributed by atoms with Crippen molar-refractivity contribution in [2.45, 2.75) is 6.61 Å². The lowest BCUT2D eigenvalue weighted by atomic mass is 10.2. The Labute approximate surface area is 256 Å². The van der Waals surface area contributed by atoms with Crippen LogP contribution >= 0.6 is 11.6 Å². The number of hydrogen-bond acceptors (Lipinski definition) is 10. The van der Waals surface area contributed by atoms with Crippen LogP contribution in [0.1, 0.15) is 5.69 Å². The zero-order valence-electron chi connectivity index (χ0n) is 24.6. The maximum atomic E-state index is 12.2. The van der Waals surface area contributed by atoms with Crippen LogP contribution in [0.4, 0.5) is 34.5 Å². The highest BCUT2D eigenvalue weighted by Crippen LogP contribution is 2.38. The van der Waals surface area contributed by atoms with Gasteiger partial charge in [-0.25, -0.2) is 4.98 Å². The van der Waals surface area contributed by atoms with Gasteiger partial charge in [-0.2, -0.15) is 4.98 Å². The lowest BCUT2D eigenvalue weighted by Crippen LogP contribution is -2.28. The van der Waals surface area contributed by atoms with Crippen molar-refractivity contribution in [3.05, 3.63) is 90.4 Å². The Kier molecular flexibility index (Phi) is 10.7. The van der Waals surface area contributed by atoms with E-state index in [2.05, 4.69) is 32.5 Å². The summed E-state index contributed by atoms with van der Waals surface area (Å²) in [6.07, 6.45) is 4.60. The SMILES string of the molecule is C=CC(=O)Nc1cc(Nc2nccc(N(C)c3ccc(OCc4ccccn4)c(Cl)c3)n2)c(OC)cc1N(C)CCNC. The van der Waals surface area contributed by atoms with E-state index in [0.29, 0.717) is 52.8 Å². The lowest BCUT2D eigenvalue weighted by molar-refractivity contribution is -0.111. The topological polar surface area (TPSA) is 117 Å². The van der Waals surface area contributed by atoms with Gasteiger partial charge in [0.25, 0.3) is 0 Å². The van der Waals surface area contributed by atoms with Gasteiger partial charge in [0.15, 0.2) is 0 Å². The molecule has 0 fully saturated rings. The minimum Gasteiger partial charge on any atom is -0.494 e. The van der Waals surface area contributed by atoms with Crippen LogP contribution in [-0.2, 0) is 11.4 Å². The number of ether oxygens (including phenoxy) is 2. The fraction of sp³-hybridized carbons (Fsp3) is 0.226. The Balaban J connectivity index is 1.55. The van der Waals surface area contributed by atoms with Gasteiger partial charge in [-0.1, -0.05) is 24.2 Å². The number of carbonyl (C=O) groups is 1. The van der Waals surface area contributed by atoms with Crippen LogP contribution in [0.2, 0.25) is 5.02 Å². The smallest absolute Gasteiger partial charge is 0.247 e. The number of anilines is 6. The van der Waals surface area contributed by atoms with Gasteiger partial charge in [-0.05, 0) is 55.6 Å². The Morgan fingerprint density at radius 3 is 2.58 bits per heavy atom. The number of hydrogen-bond donors (Lipinski definition) is 3. The van der Waals surface area contributed by atoms with Gasteiger partial charge in [0.1, 0.15) is 23.9 Å². The molecular formula is C31H35ClN8O3. The standard InChI is InChI=1S/C31H35ClN8O3/c1-6-30(41)36-24-18-25(28(42-5)19-26(24)39(3)16-15-33-2)37-31-35-14-12-29(38-31)40(4)22-10-11-27(23(32)17-22)43-20-21-9-7-8-13-34-21/h6-14,17-19,33H,1,15-16,20H2,2-5H3,(H,36,41)(H,35,37,38). The minimum absolute atomic E-state index is 0.312. The molecule has 0 unspecified atom stereocenters. The number of aromatic nitrogens is 3. The second-order valence-corrected chi connectivity index (χ2v) is 9.84. The van der Waals surface area contributed by atoms with Crippen LogP contribution in [0.5, 0.6) is 11.5 Å². The van der Waals surface area contributed by atoms with E-state index in [1.165, 1.54) is 6.08 Å². The molecule has 0 aliphatic carbocycles. The molecule has 0 aliphatic heterocycles. The first-order valence-corrected chi connectivity index (χ1v) is 13.9. The number of methoxy groups -OCH3 is 1. The summed E-state index contributed by atoms with van der Waals surface area (Å²) in [4.78, 5) is 29.5. The molecule has 0 aliphatic rings. The van der Waals surface area contributed by atoms with Crippen LogP contribution in [0.3, 0.4) is 0 Å². The average Bonchev–Trinajstić information content (AvgIpc) is 3.03. The molecule has 3 N–H and O–H groups in total. The zero-order valence-corrected chi connectivity index (χ0v) is 25.4. The van der Waals surface area contributed by atoms with Crippen LogP contribution in [0.25, 0.3) is 0 Å². The van der Waals surface area contributed by atoms with E-state index in [-0.39, 0.29) is 5.91 Å². The lowest BCUT2D eigenvalue weighted by Gasteiger charge is -2.24. The van der Waals surface area contributed by atoms with E-state index < -0.39 is 0 Å². The van der Waals surface area contributed by atoms with E-state index in [0.717, 1.165) is 23.6 Å². The fourth-order valence-corrected chi connectivity index (χ4v) is 4.36. The summed E-state index contributed by atoms with van der Waals surface area (Å²) in [6.45, 7) is 5.35. The van der Waals surface area contributed by atoms with Crippen LogP contribution < -0.4 is 35.2 Å². The van der Waals surface area contributed by atoms with E-state index in [1.807, 2.05) is 73.4 Å². The second kappa shape index (κ2) is 14.9. The van der Waals surface area contributed by atoms with Crippen molar-refractivity contribution in [1.82, 2.24) is 20.3 Å². The molecule has 2 aromatic heterocycles. The Bertz CT molecular complexity index is 1550. The van der Waals surface area contributed by atoms with Crippen molar-refractivity contribution in [2.75, 3.05) is 61.8 Å². The van der Waals surface area contributed by atoms with Crippen LogP contribution in [0, 0.1) is 0 Å². The predicted molar refractivity (Wildman–Crippen MR) is 172 cm³/mol. The number of carbonyl (C=O) groups excluding carboxylic acids is 1. The molecule has 1 amide bonds. The number of likely N-dealkylation sites (N-methyl/N-ethyl adjacent to an activating group) is 2. The van der Waals surface area contributed by atoms with Gasteiger partial charge >= 0.3 is 0 Å². The zero-order chi connectivity index (χ0) is 30.8. The first-order chi connectivity index (χ1) is 20.8. The highest BCUT2D eigenvalue weighted by atomic mass is 35.5. The highest BCUT2D eigenvalue weighted by molar-refractivity contribution is 6.32. The number of rotatable bonds is 14. The van der Waals surface area contributed by atoms with Gasteiger partial charge in [0, 0.05) is 51.3 Å². The molecule has 0 bridgehead atoms. The summed E-state index contributed by atoms with van der Waals surface area (Å²) in [5.74, 6) is 1.74. The normalized spacial score (nSPS) is 10.5. The van der Waals surface area contributed by atoms with Gasteiger partial charge in [-0.3, -0.25) is 9.78 Å². The fourth-order valence-electron chi connectivity index (χ4n) is 4.13. The number of nitrogens with zero attached hydrogens (tertiary/aromatic N) is 5. The Hall–Kier alpha value is -4.87. The second-order valence-electron chi connectivity index (χ2n) is 9.44. The first-order valence-electron chi connectivity index (χ1n) is 13.5. The molecule has 224 valence electrons. The van der Waals surface area contributed by atoms with Crippen molar-refractivity contribution in [3.8, 4) is 11.5 Å². The molecule has 43 heavy (non-hydrogen) atoms. The molecular weight excluding hydrogens is 568 g/mol. The summed E-state index contributed by atoms with van der Waals surface area (Å²) in [5, 5.41) is 9.71. The molecule has 12 heteroatoms. The largest absolute Gasteiger partial charge is 0.494 e. The monoisotopic (exact) mass is 602 g/mol. The molecule has 4 rings (SSSR count). The average molecular weight is 603 g/mol. The number of benzene rings is 2. The highest BCUT2D eigenvalue weighted by Gasteiger charge is 2.17. The van der Waals surface area contributed by atoms with Gasteiger partial charge in [-0.15, -0.1) is 0 Å². The van der Waals surface area contributed by atoms with E-state index >= 15 is 0 Å². The summed E-state index contributed by atoms with van der Waals surface area (Å²) in [6, 6.07) is 16.6. The van der Waals surface area contributed by atoms with Crippen molar-refractivity contribution < 1.29 is 14.3 Å². The third-order valence-electron chi connectivity index (χ3n) is 6.51. The Morgan fingerprint density at radius 1 is 1.05 bits per heavy atom. The van der Waals surface area contributed by atoms with Crippen LogP contribution in [-0.4, -0.2) is 62.2 Å². The maximum Gasteiger partial charge on any atom is 0.247 e. The summed E-state index contributed by atoms with van der Waals surface area (Å²) >= 11 is 6.55. The van der Waals surface area contributed by atoms with Crippen molar-refractivity contribution in [3.63, 3.8) is 0 Å². The molecule has 0 spiro atoms. The third kappa shape index (κ3) is 8.12. The van der Waals surface area contributed by atoms with Gasteiger partial charge in [0.2, 0.25) is 11.9 Å². The number of amides is 1. The van der Waals surface area contributed by atoms with Crippen molar-refractivity contribution in [2.24, 2.45) is 0 Å².